The van der Waals surface area contributed by atoms with Crippen LogP contribution in [-0.2, 0) is 29.6 Å². The molecule has 2 amide bonds. The summed E-state index contributed by atoms with van der Waals surface area (Å²) >= 11 is 0. The SMILES string of the molecule is Cn1cccc1C(CNC(=O)C(=O)Nc1cccc([N+](=O)[O-])c1)N1CCc2ccccc2C1. The maximum atomic E-state index is 12.5. The summed E-state index contributed by atoms with van der Waals surface area (Å²) in [5.74, 6) is -1.66. The lowest BCUT2D eigenvalue weighted by atomic mass is 9.98. The highest BCUT2D eigenvalue weighted by atomic mass is 16.6. The maximum Gasteiger partial charge on any atom is 0.313 e. The van der Waals surface area contributed by atoms with Crippen molar-refractivity contribution >= 4 is 23.2 Å². The van der Waals surface area contributed by atoms with Gasteiger partial charge in [-0.25, -0.2) is 0 Å². The van der Waals surface area contributed by atoms with E-state index in [-0.39, 0.29) is 24.0 Å². The number of non-ortho nitro benzene ring substituents is 1. The van der Waals surface area contributed by atoms with Crippen LogP contribution in [0.15, 0.2) is 66.9 Å². The van der Waals surface area contributed by atoms with Crippen LogP contribution in [0.3, 0.4) is 0 Å². The summed E-state index contributed by atoms with van der Waals surface area (Å²) in [6, 6.07) is 17.7. The highest BCUT2D eigenvalue weighted by Gasteiger charge is 2.27. The van der Waals surface area contributed by atoms with Crippen LogP contribution < -0.4 is 10.6 Å². The van der Waals surface area contributed by atoms with Gasteiger partial charge >= 0.3 is 11.8 Å². The van der Waals surface area contributed by atoms with Gasteiger partial charge in [0.15, 0.2) is 0 Å². The molecule has 9 nitrogen and oxygen atoms in total. The Labute approximate surface area is 191 Å². The van der Waals surface area contributed by atoms with Crippen LogP contribution in [0.4, 0.5) is 11.4 Å². The molecule has 1 aromatic heterocycles. The number of benzene rings is 2. The van der Waals surface area contributed by atoms with Gasteiger partial charge < -0.3 is 15.2 Å². The zero-order valence-electron chi connectivity index (χ0n) is 18.2. The van der Waals surface area contributed by atoms with Crippen LogP contribution in [0, 0.1) is 10.1 Å². The molecule has 1 atom stereocenters. The van der Waals surface area contributed by atoms with Crippen molar-refractivity contribution in [2.75, 3.05) is 18.4 Å². The first-order valence-electron chi connectivity index (χ1n) is 10.7. The molecule has 4 rings (SSSR count). The Bertz CT molecular complexity index is 1190. The second-order valence-corrected chi connectivity index (χ2v) is 8.02. The minimum Gasteiger partial charge on any atom is -0.353 e. The van der Waals surface area contributed by atoms with Gasteiger partial charge in [0.2, 0.25) is 0 Å². The number of hydrogen-bond acceptors (Lipinski definition) is 5. The number of nitro benzene ring substituents is 1. The summed E-state index contributed by atoms with van der Waals surface area (Å²) in [4.78, 5) is 37.6. The van der Waals surface area contributed by atoms with Crippen LogP contribution in [0.1, 0.15) is 22.9 Å². The summed E-state index contributed by atoms with van der Waals surface area (Å²) < 4.78 is 2.01. The molecule has 0 saturated heterocycles. The Morgan fingerprint density at radius 3 is 2.58 bits per heavy atom. The molecule has 0 fully saturated rings. The van der Waals surface area contributed by atoms with E-state index in [2.05, 4.69) is 27.7 Å². The highest BCUT2D eigenvalue weighted by molar-refractivity contribution is 6.39. The summed E-state index contributed by atoms with van der Waals surface area (Å²) in [7, 11) is 1.96. The number of nitrogens with one attached hydrogen (secondary N) is 2. The van der Waals surface area contributed by atoms with Crippen LogP contribution in [0.2, 0.25) is 0 Å². The largest absolute Gasteiger partial charge is 0.353 e. The predicted octanol–water partition coefficient (Wildman–Crippen LogP) is 2.79. The monoisotopic (exact) mass is 447 g/mol. The number of carbonyl (C=O) groups is 2. The Hall–Kier alpha value is -3.98. The minimum absolute atomic E-state index is 0.118. The van der Waals surface area contributed by atoms with E-state index < -0.39 is 16.7 Å². The second kappa shape index (κ2) is 9.66. The molecule has 2 aromatic carbocycles. The third kappa shape index (κ3) is 5.09. The van der Waals surface area contributed by atoms with Gasteiger partial charge in [-0.05, 0) is 35.7 Å². The maximum absolute atomic E-state index is 12.5. The Morgan fingerprint density at radius 1 is 1.06 bits per heavy atom. The first kappa shape index (κ1) is 22.2. The zero-order chi connectivity index (χ0) is 23.4. The number of carbonyl (C=O) groups excluding carboxylic acids is 2. The first-order valence-corrected chi connectivity index (χ1v) is 10.7. The molecule has 0 radical (unpaired) electrons. The lowest BCUT2D eigenvalue weighted by Crippen LogP contribution is -2.44. The molecule has 0 spiro atoms. The molecule has 0 aliphatic carbocycles. The van der Waals surface area contributed by atoms with Crippen molar-refractivity contribution in [2.24, 2.45) is 7.05 Å². The van der Waals surface area contributed by atoms with Gasteiger partial charge in [-0.15, -0.1) is 0 Å². The fraction of sp³-hybridized carbons (Fsp3) is 0.250. The van der Waals surface area contributed by atoms with Crippen LogP contribution in [-0.4, -0.2) is 39.3 Å². The van der Waals surface area contributed by atoms with Gasteiger partial charge in [0.05, 0.1) is 11.0 Å². The number of nitrogens with zero attached hydrogens (tertiary/aromatic N) is 3. The molecule has 1 aliphatic rings. The van der Waals surface area contributed by atoms with Crippen LogP contribution in [0.5, 0.6) is 0 Å². The topological polar surface area (TPSA) is 110 Å². The summed E-state index contributed by atoms with van der Waals surface area (Å²) in [6.45, 7) is 1.84. The van der Waals surface area contributed by atoms with Gasteiger partial charge in [0, 0.05) is 56.4 Å². The molecule has 170 valence electrons. The Kier molecular flexibility index (Phi) is 6.50. The number of nitro groups is 1. The smallest absolute Gasteiger partial charge is 0.313 e. The van der Waals surface area contributed by atoms with E-state index in [4.69, 9.17) is 0 Å². The number of anilines is 1. The fourth-order valence-electron chi connectivity index (χ4n) is 4.18. The third-order valence-corrected chi connectivity index (χ3v) is 5.90. The van der Waals surface area contributed by atoms with Gasteiger partial charge in [-0.3, -0.25) is 24.6 Å². The van der Waals surface area contributed by atoms with E-state index in [0.29, 0.717) is 0 Å². The van der Waals surface area contributed by atoms with Gasteiger partial charge in [-0.2, -0.15) is 0 Å². The van der Waals surface area contributed by atoms with E-state index in [9.17, 15) is 19.7 Å². The standard InChI is InChI=1S/C24H25N5O4/c1-27-12-5-10-21(27)22(28-13-11-17-6-2-3-7-18(17)16-28)15-25-23(30)24(31)26-19-8-4-9-20(14-19)29(32)33/h2-10,12,14,22H,11,13,15-16H2,1H3,(H,25,30)(H,26,31). The summed E-state index contributed by atoms with van der Waals surface area (Å²) in [5.41, 5.74) is 3.66. The van der Waals surface area contributed by atoms with E-state index in [1.54, 1.807) is 0 Å². The van der Waals surface area contributed by atoms with E-state index in [1.165, 1.54) is 35.4 Å². The predicted molar refractivity (Wildman–Crippen MR) is 123 cm³/mol. The number of amides is 2. The molecule has 3 aromatic rings. The highest BCUT2D eigenvalue weighted by Crippen LogP contribution is 2.27. The van der Waals surface area contributed by atoms with Crippen molar-refractivity contribution in [3.8, 4) is 0 Å². The molecule has 9 heteroatoms. The van der Waals surface area contributed by atoms with E-state index in [0.717, 1.165) is 25.2 Å². The lowest BCUT2D eigenvalue weighted by Gasteiger charge is -2.36. The zero-order valence-corrected chi connectivity index (χ0v) is 18.2. The van der Waals surface area contributed by atoms with Crippen molar-refractivity contribution < 1.29 is 14.5 Å². The van der Waals surface area contributed by atoms with E-state index in [1.807, 2.05) is 42.1 Å². The van der Waals surface area contributed by atoms with Crippen LogP contribution in [0.25, 0.3) is 0 Å². The number of aromatic nitrogens is 1. The molecule has 33 heavy (non-hydrogen) atoms. The number of rotatable bonds is 6. The third-order valence-electron chi connectivity index (χ3n) is 5.90. The Morgan fingerprint density at radius 2 is 1.85 bits per heavy atom. The van der Waals surface area contributed by atoms with Gasteiger partial charge in [0.1, 0.15) is 0 Å². The van der Waals surface area contributed by atoms with Gasteiger partial charge in [0.25, 0.3) is 5.69 Å². The molecule has 2 heterocycles. The van der Waals surface area contributed by atoms with Crippen LogP contribution >= 0.6 is 0 Å². The molecule has 1 unspecified atom stereocenters. The Balaban J connectivity index is 1.44. The molecular formula is C24H25N5O4. The molecule has 0 saturated carbocycles. The van der Waals surface area contributed by atoms with Gasteiger partial charge in [-0.1, -0.05) is 30.3 Å². The molecule has 2 N–H and O–H groups in total. The molecular weight excluding hydrogens is 422 g/mol. The quantitative estimate of drug-likeness (QED) is 0.343. The van der Waals surface area contributed by atoms with Crippen molar-refractivity contribution in [3.63, 3.8) is 0 Å². The average Bonchev–Trinajstić information content (AvgIpc) is 3.24. The molecule has 0 bridgehead atoms. The average molecular weight is 447 g/mol. The first-order chi connectivity index (χ1) is 15.9. The minimum atomic E-state index is -0.870. The number of fused-ring (bicyclic) bond motifs is 1. The summed E-state index contributed by atoms with van der Waals surface area (Å²) in [5, 5.41) is 16.1. The molecule has 1 aliphatic heterocycles. The van der Waals surface area contributed by atoms with Crippen molar-refractivity contribution in [1.29, 1.82) is 0 Å². The van der Waals surface area contributed by atoms with Crippen molar-refractivity contribution in [2.45, 2.75) is 19.0 Å². The fourth-order valence-corrected chi connectivity index (χ4v) is 4.18. The number of hydrogen-bond donors (Lipinski definition) is 2. The van der Waals surface area contributed by atoms with E-state index >= 15 is 0 Å². The summed E-state index contributed by atoms with van der Waals surface area (Å²) in [6.07, 6.45) is 2.87. The second-order valence-electron chi connectivity index (χ2n) is 8.02. The van der Waals surface area contributed by atoms with Crippen molar-refractivity contribution in [1.82, 2.24) is 14.8 Å². The van der Waals surface area contributed by atoms with Crippen molar-refractivity contribution in [3.05, 3.63) is 93.8 Å². The normalized spacial score (nSPS) is 14.2. The lowest BCUT2D eigenvalue weighted by molar-refractivity contribution is -0.384. The number of aryl methyl sites for hydroxylation is 1.